The Morgan fingerprint density at radius 1 is 1.15 bits per heavy atom. The maximum absolute atomic E-state index is 12.6. The SMILES string of the molecule is CN=C(NCCN1C(=O)C2C3C=CC(C3)C2C1=O)NCC(=O)NC(C)(C)C. The predicted octanol–water partition coefficient (Wildman–Crippen LogP) is -0.127. The lowest BCUT2D eigenvalue weighted by Crippen LogP contribution is -2.49. The van der Waals surface area contributed by atoms with Crippen LogP contribution in [0.3, 0.4) is 0 Å². The number of likely N-dealkylation sites (tertiary alicyclic amines) is 1. The zero-order valence-electron chi connectivity index (χ0n) is 16.4. The molecule has 0 aromatic heterocycles. The lowest BCUT2D eigenvalue weighted by Gasteiger charge is -2.21. The van der Waals surface area contributed by atoms with Gasteiger partial charge in [0.2, 0.25) is 17.7 Å². The summed E-state index contributed by atoms with van der Waals surface area (Å²) in [6.07, 6.45) is 5.12. The molecule has 1 saturated heterocycles. The molecule has 1 saturated carbocycles. The van der Waals surface area contributed by atoms with E-state index in [-0.39, 0.29) is 53.5 Å². The van der Waals surface area contributed by atoms with Crippen molar-refractivity contribution < 1.29 is 14.4 Å². The molecule has 0 spiro atoms. The smallest absolute Gasteiger partial charge is 0.239 e. The molecule has 2 bridgehead atoms. The van der Waals surface area contributed by atoms with E-state index < -0.39 is 0 Å². The fourth-order valence-electron chi connectivity index (χ4n) is 4.32. The van der Waals surface area contributed by atoms with Crippen molar-refractivity contribution in [3.05, 3.63) is 12.2 Å². The van der Waals surface area contributed by atoms with Gasteiger partial charge in [0.05, 0.1) is 18.4 Å². The van der Waals surface area contributed by atoms with Crippen molar-refractivity contribution in [1.82, 2.24) is 20.9 Å². The van der Waals surface area contributed by atoms with Crippen molar-refractivity contribution in [2.75, 3.05) is 26.7 Å². The fourth-order valence-corrected chi connectivity index (χ4v) is 4.32. The molecule has 0 aromatic carbocycles. The van der Waals surface area contributed by atoms with E-state index in [1.807, 2.05) is 20.8 Å². The summed E-state index contributed by atoms with van der Waals surface area (Å²) in [7, 11) is 1.61. The summed E-state index contributed by atoms with van der Waals surface area (Å²) < 4.78 is 0. The van der Waals surface area contributed by atoms with Gasteiger partial charge in [0.15, 0.2) is 5.96 Å². The Bertz CT molecular complexity index is 664. The number of guanidine groups is 1. The van der Waals surface area contributed by atoms with Gasteiger partial charge in [-0.1, -0.05) is 12.2 Å². The molecule has 3 N–H and O–H groups in total. The normalized spacial score (nSPS) is 29.3. The van der Waals surface area contributed by atoms with E-state index in [4.69, 9.17) is 0 Å². The standard InChI is InChI=1S/C19H29N5O3/c1-19(2,3)23-13(25)10-22-18(20-4)21-7-8-24-16(26)14-11-5-6-12(9-11)15(14)17(24)27/h5-6,11-12,14-15H,7-10H2,1-4H3,(H,23,25)(H2,20,21,22). The van der Waals surface area contributed by atoms with Crippen LogP contribution in [0.15, 0.2) is 17.1 Å². The molecule has 27 heavy (non-hydrogen) atoms. The molecule has 0 radical (unpaired) electrons. The monoisotopic (exact) mass is 375 g/mol. The van der Waals surface area contributed by atoms with Crippen LogP contribution in [-0.2, 0) is 14.4 Å². The number of fused-ring (bicyclic) bond motifs is 5. The molecule has 0 aromatic rings. The molecule has 8 heteroatoms. The summed E-state index contributed by atoms with van der Waals surface area (Å²) in [5, 5.41) is 8.85. The maximum atomic E-state index is 12.6. The molecule has 3 amide bonds. The Morgan fingerprint density at radius 3 is 2.26 bits per heavy atom. The number of imide groups is 1. The summed E-state index contributed by atoms with van der Waals surface area (Å²) in [6.45, 7) is 6.54. The zero-order valence-corrected chi connectivity index (χ0v) is 16.4. The molecule has 1 aliphatic heterocycles. The van der Waals surface area contributed by atoms with Crippen LogP contribution in [-0.4, -0.2) is 60.8 Å². The third kappa shape index (κ3) is 3.99. The number of nitrogens with zero attached hydrogens (tertiary/aromatic N) is 2. The molecule has 4 unspecified atom stereocenters. The van der Waals surface area contributed by atoms with Crippen molar-refractivity contribution in [3.8, 4) is 0 Å². The van der Waals surface area contributed by atoms with Crippen LogP contribution >= 0.6 is 0 Å². The predicted molar refractivity (Wildman–Crippen MR) is 102 cm³/mol. The molecule has 1 heterocycles. The first kappa shape index (κ1) is 19.4. The average Bonchev–Trinajstić information content (AvgIpc) is 3.25. The number of hydrogen-bond donors (Lipinski definition) is 3. The number of carbonyl (C=O) groups is 3. The Labute approximate surface area is 159 Å². The lowest BCUT2D eigenvalue weighted by atomic mass is 9.85. The van der Waals surface area contributed by atoms with E-state index >= 15 is 0 Å². The van der Waals surface area contributed by atoms with Gasteiger partial charge in [-0.3, -0.25) is 24.3 Å². The summed E-state index contributed by atoms with van der Waals surface area (Å²) in [6, 6.07) is 0. The van der Waals surface area contributed by atoms with Crippen LogP contribution in [0.5, 0.6) is 0 Å². The number of hydrogen-bond acceptors (Lipinski definition) is 4. The Balaban J connectivity index is 1.45. The van der Waals surface area contributed by atoms with E-state index in [0.29, 0.717) is 19.0 Å². The minimum absolute atomic E-state index is 0.0452. The van der Waals surface area contributed by atoms with Crippen molar-refractivity contribution in [3.63, 3.8) is 0 Å². The van der Waals surface area contributed by atoms with Gasteiger partial charge in [0.25, 0.3) is 0 Å². The summed E-state index contributed by atoms with van der Waals surface area (Å²) in [5.74, 6) is 0.367. The largest absolute Gasteiger partial charge is 0.355 e. The number of amides is 3. The molecular formula is C19H29N5O3. The van der Waals surface area contributed by atoms with Crippen LogP contribution in [0.25, 0.3) is 0 Å². The zero-order chi connectivity index (χ0) is 19.8. The van der Waals surface area contributed by atoms with Gasteiger partial charge in [-0.25, -0.2) is 0 Å². The van der Waals surface area contributed by atoms with Crippen LogP contribution in [0.2, 0.25) is 0 Å². The Morgan fingerprint density at radius 2 is 1.74 bits per heavy atom. The van der Waals surface area contributed by atoms with Crippen molar-refractivity contribution >= 4 is 23.7 Å². The molecule has 148 valence electrons. The van der Waals surface area contributed by atoms with Gasteiger partial charge in [0.1, 0.15) is 0 Å². The third-order valence-corrected chi connectivity index (χ3v) is 5.34. The quantitative estimate of drug-likeness (QED) is 0.269. The first-order chi connectivity index (χ1) is 12.7. The van der Waals surface area contributed by atoms with Crippen molar-refractivity contribution in [2.45, 2.75) is 32.7 Å². The van der Waals surface area contributed by atoms with Gasteiger partial charge in [-0.15, -0.1) is 0 Å². The Kier molecular flexibility index (Phi) is 5.26. The molecule has 8 nitrogen and oxygen atoms in total. The van der Waals surface area contributed by atoms with Gasteiger partial charge >= 0.3 is 0 Å². The van der Waals surface area contributed by atoms with E-state index in [0.717, 1.165) is 6.42 Å². The molecule has 3 rings (SSSR count). The topological polar surface area (TPSA) is 103 Å². The van der Waals surface area contributed by atoms with Crippen LogP contribution in [0.1, 0.15) is 27.2 Å². The van der Waals surface area contributed by atoms with E-state index in [2.05, 4.69) is 33.1 Å². The highest BCUT2D eigenvalue weighted by atomic mass is 16.2. The summed E-state index contributed by atoms with van der Waals surface area (Å²) >= 11 is 0. The number of allylic oxidation sites excluding steroid dienone is 2. The maximum Gasteiger partial charge on any atom is 0.239 e. The van der Waals surface area contributed by atoms with Gasteiger partial charge in [-0.2, -0.15) is 0 Å². The first-order valence-corrected chi connectivity index (χ1v) is 9.50. The summed E-state index contributed by atoms with van der Waals surface area (Å²) in [4.78, 5) is 42.6. The van der Waals surface area contributed by atoms with Crippen molar-refractivity contribution in [1.29, 1.82) is 0 Å². The van der Waals surface area contributed by atoms with Gasteiger partial charge in [0, 0.05) is 25.7 Å². The van der Waals surface area contributed by atoms with Crippen LogP contribution < -0.4 is 16.0 Å². The fraction of sp³-hybridized carbons (Fsp3) is 0.684. The molecule has 4 atom stereocenters. The molecule has 3 aliphatic rings. The van der Waals surface area contributed by atoms with Gasteiger partial charge < -0.3 is 16.0 Å². The van der Waals surface area contributed by atoms with Crippen LogP contribution in [0, 0.1) is 23.7 Å². The molecular weight excluding hydrogens is 346 g/mol. The highest BCUT2D eigenvalue weighted by molar-refractivity contribution is 6.06. The minimum atomic E-state index is -0.293. The third-order valence-electron chi connectivity index (χ3n) is 5.34. The first-order valence-electron chi connectivity index (χ1n) is 9.50. The number of carbonyl (C=O) groups excluding carboxylic acids is 3. The molecule has 2 fully saturated rings. The number of aliphatic imine (C=N–C) groups is 1. The lowest BCUT2D eigenvalue weighted by molar-refractivity contribution is -0.140. The second kappa shape index (κ2) is 7.32. The van der Waals surface area contributed by atoms with E-state index in [1.54, 1.807) is 7.05 Å². The van der Waals surface area contributed by atoms with Crippen LogP contribution in [0.4, 0.5) is 0 Å². The summed E-state index contributed by atoms with van der Waals surface area (Å²) in [5.41, 5.74) is -0.293. The second-order valence-corrected chi connectivity index (χ2v) is 8.48. The van der Waals surface area contributed by atoms with Crippen molar-refractivity contribution in [2.24, 2.45) is 28.7 Å². The Hall–Kier alpha value is -2.38. The van der Waals surface area contributed by atoms with Gasteiger partial charge in [-0.05, 0) is 39.0 Å². The number of nitrogens with one attached hydrogen (secondary N) is 3. The number of rotatable bonds is 5. The minimum Gasteiger partial charge on any atom is -0.355 e. The van der Waals surface area contributed by atoms with E-state index in [1.165, 1.54) is 4.90 Å². The average molecular weight is 375 g/mol. The highest BCUT2D eigenvalue weighted by Gasteiger charge is 2.58. The molecule has 2 aliphatic carbocycles. The second-order valence-electron chi connectivity index (χ2n) is 8.48. The highest BCUT2D eigenvalue weighted by Crippen LogP contribution is 2.52. The van der Waals surface area contributed by atoms with E-state index in [9.17, 15) is 14.4 Å².